The molecule has 0 saturated carbocycles. The van der Waals surface area contributed by atoms with Crippen LogP contribution in [0.15, 0.2) is 24.3 Å². The first-order chi connectivity index (χ1) is 8.83. The predicted octanol–water partition coefficient (Wildman–Crippen LogP) is 1.75. The number of nitrogens with one attached hydrogen (secondary N) is 1. The minimum Gasteiger partial charge on any atom is -0.313 e. The molecule has 0 atom stereocenters. The number of sulfonamides is 1. The molecule has 0 aliphatic carbocycles. The molecule has 1 aromatic rings. The highest BCUT2D eigenvalue weighted by atomic mass is 32.2. The summed E-state index contributed by atoms with van der Waals surface area (Å²) in [5.41, 5.74) is 2.16. The van der Waals surface area contributed by atoms with Crippen molar-refractivity contribution < 1.29 is 8.42 Å². The Labute approximate surface area is 116 Å². The van der Waals surface area contributed by atoms with Crippen molar-refractivity contribution in [3.63, 3.8) is 0 Å². The second-order valence-electron chi connectivity index (χ2n) is 5.11. The molecule has 1 N–H and O–H groups in total. The van der Waals surface area contributed by atoms with Gasteiger partial charge in [-0.25, -0.2) is 12.7 Å². The Bertz CT molecular complexity index is 498. The lowest BCUT2D eigenvalue weighted by Gasteiger charge is -2.19. The van der Waals surface area contributed by atoms with Crippen molar-refractivity contribution in [3.8, 4) is 0 Å². The molecule has 1 aromatic carbocycles. The van der Waals surface area contributed by atoms with E-state index in [0.717, 1.165) is 11.1 Å². The van der Waals surface area contributed by atoms with Crippen molar-refractivity contribution in [2.24, 2.45) is 0 Å². The van der Waals surface area contributed by atoms with Gasteiger partial charge in [0.2, 0.25) is 10.0 Å². The molecule has 0 unspecified atom stereocenters. The highest BCUT2D eigenvalue weighted by Gasteiger charge is 2.18. The van der Waals surface area contributed by atoms with Crippen LogP contribution >= 0.6 is 0 Å². The highest BCUT2D eigenvalue weighted by Crippen LogP contribution is 2.11. The van der Waals surface area contributed by atoms with Crippen LogP contribution in [0.1, 0.15) is 25.0 Å². The lowest BCUT2D eigenvalue weighted by atomic mass is 10.1. The first kappa shape index (κ1) is 16.1. The maximum Gasteiger partial charge on any atom is 0.215 e. The Morgan fingerprint density at radius 2 is 1.89 bits per heavy atom. The van der Waals surface area contributed by atoms with E-state index in [1.165, 1.54) is 4.31 Å². The fourth-order valence-corrected chi connectivity index (χ4v) is 2.78. The fraction of sp³-hybridized carbons (Fsp3) is 0.571. The van der Waals surface area contributed by atoms with Crippen LogP contribution in [0.3, 0.4) is 0 Å². The van der Waals surface area contributed by atoms with Crippen molar-refractivity contribution >= 4 is 10.0 Å². The minimum absolute atomic E-state index is 0.133. The average Bonchev–Trinajstić information content (AvgIpc) is 2.31. The number of nitrogens with zero attached hydrogens (tertiary/aromatic N) is 1. The van der Waals surface area contributed by atoms with Crippen LogP contribution in [-0.2, 0) is 16.6 Å². The standard InChI is InChI=1S/C14H24N2O2S/c1-12(2)15-9-10-19(17,18)16(4)11-14-8-6-5-7-13(14)3/h5-8,12,15H,9-11H2,1-4H3. The normalized spacial score (nSPS) is 12.3. The van der Waals surface area contributed by atoms with Gasteiger partial charge in [-0.2, -0.15) is 0 Å². The van der Waals surface area contributed by atoms with Gasteiger partial charge >= 0.3 is 0 Å². The molecule has 0 radical (unpaired) electrons. The van der Waals surface area contributed by atoms with Gasteiger partial charge in [-0.05, 0) is 18.1 Å². The Kier molecular flexibility index (Phi) is 5.97. The van der Waals surface area contributed by atoms with E-state index in [0.29, 0.717) is 19.1 Å². The van der Waals surface area contributed by atoms with Crippen molar-refractivity contribution in [1.29, 1.82) is 0 Å². The molecule has 4 nitrogen and oxygen atoms in total. The molecule has 1 rings (SSSR count). The highest BCUT2D eigenvalue weighted by molar-refractivity contribution is 7.89. The molecule has 0 aliphatic rings. The van der Waals surface area contributed by atoms with Gasteiger partial charge in [-0.3, -0.25) is 0 Å². The summed E-state index contributed by atoms with van der Waals surface area (Å²) in [4.78, 5) is 0. The largest absolute Gasteiger partial charge is 0.313 e. The molecule has 0 saturated heterocycles. The van der Waals surface area contributed by atoms with Gasteiger partial charge in [0, 0.05) is 26.2 Å². The zero-order chi connectivity index (χ0) is 14.5. The second kappa shape index (κ2) is 7.03. The van der Waals surface area contributed by atoms with Gasteiger partial charge in [0.25, 0.3) is 0 Å². The number of hydrogen-bond donors (Lipinski definition) is 1. The molecule has 0 spiro atoms. The van der Waals surface area contributed by atoms with Gasteiger partial charge in [0.05, 0.1) is 5.75 Å². The van der Waals surface area contributed by atoms with Gasteiger partial charge < -0.3 is 5.32 Å². The van der Waals surface area contributed by atoms with E-state index in [2.05, 4.69) is 5.32 Å². The molecule has 0 heterocycles. The summed E-state index contributed by atoms with van der Waals surface area (Å²) in [5, 5.41) is 3.13. The first-order valence-corrected chi connectivity index (χ1v) is 8.16. The summed E-state index contributed by atoms with van der Waals surface area (Å²) in [6, 6.07) is 8.16. The molecule has 19 heavy (non-hydrogen) atoms. The number of benzene rings is 1. The Morgan fingerprint density at radius 3 is 2.47 bits per heavy atom. The zero-order valence-electron chi connectivity index (χ0n) is 12.2. The Hall–Kier alpha value is -0.910. The molecule has 0 fully saturated rings. The van der Waals surface area contributed by atoms with Crippen LogP contribution < -0.4 is 5.32 Å². The molecule has 5 heteroatoms. The van der Waals surface area contributed by atoms with E-state index < -0.39 is 10.0 Å². The monoisotopic (exact) mass is 284 g/mol. The first-order valence-electron chi connectivity index (χ1n) is 6.55. The van der Waals surface area contributed by atoms with Gasteiger partial charge in [0.1, 0.15) is 0 Å². The van der Waals surface area contributed by atoms with E-state index in [1.54, 1.807) is 7.05 Å². The van der Waals surface area contributed by atoms with Crippen LogP contribution in [0.5, 0.6) is 0 Å². The Morgan fingerprint density at radius 1 is 1.26 bits per heavy atom. The summed E-state index contributed by atoms with van der Waals surface area (Å²) in [5.74, 6) is 0.133. The van der Waals surface area contributed by atoms with Crippen LogP contribution in [0.2, 0.25) is 0 Å². The van der Waals surface area contributed by atoms with Crippen LogP contribution in [0.4, 0.5) is 0 Å². The van der Waals surface area contributed by atoms with E-state index in [9.17, 15) is 8.42 Å². The van der Waals surface area contributed by atoms with E-state index >= 15 is 0 Å². The second-order valence-corrected chi connectivity index (χ2v) is 7.30. The third-order valence-corrected chi connectivity index (χ3v) is 4.84. The maximum atomic E-state index is 12.1. The third kappa shape index (κ3) is 5.30. The van der Waals surface area contributed by atoms with E-state index in [4.69, 9.17) is 0 Å². The molecular weight excluding hydrogens is 260 g/mol. The SMILES string of the molecule is Cc1ccccc1CN(C)S(=O)(=O)CCNC(C)C. The summed E-state index contributed by atoms with van der Waals surface area (Å²) < 4.78 is 25.7. The number of rotatable bonds is 7. The molecule has 0 aromatic heterocycles. The zero-order valence-corrected chi connectivity index (χ0v) is 13.0. The molecule has 0 aliphatic heterocycles. The number of aryl methyl sites for hydroxylation is 1. The quantitative estimate of drug-likeness (QED) is 0.830. The number of hydrogen-bond acceptors (Lipinski definition) is 3. The van der Waals surface area contributed by atoms with Gasteiger partial charge in [-0.15, -0.1) is 0 Å². The summed E-state index contributed by atoms with van der Waals surface area (Å²) in [7, 11) is -1.56. The lowest BCUT2D eigenvalue weighted by Crippen LogP contribution is -2.35. The van der Waals surface area contributed by atoms with Crippen molar-refractivity contribution in [3.05, 3.63) is 35.4 Å². The third-order valence-electron chi connectivity index (χ3n) is 3.04. The molecule has 0 amide bonds. The van der Waals surface area contributed by atoms with Crippen molar-refractivity contribution in [1.82, 2.24) is 9.62 Å². The van der Waals surface area contributed by atoms with E-state index in [1.807, 2.05) is 45.0 Å². The maximum absolute atomic E-state index is 12.1. The Balaban J connectivity index is 2.61. The van der Waals surface area contributed by atoms with Crippen LogP contribution in [0, 0.1) is 6.92 Å². The molecule has 0 bridgehead atoms. The van der Waals surface area contributed by atoms with Crippen molar-refractivity contribution in [2.45, 2.75) is 33.4 Å². The van der Waals surface area contributed by atoms with E-state index in [-0.39, 0.29) is 5.75 Å². The summed E-state index contributed by atoms with van der Waals surface area (Å²) in [6.07, 6.45) is 0. The molecule has 108 valence electrons. The van der Waals surface area contributed by atoms with Gasteiger partial charge in [-0.1, -0.05) is 38.1 Å². The topological polar surface area (TPSA) is 49.4 Å². The molecular formula is C14H24N2O2S. The van der Waals surface area contributed by atoms with Crippen LogP contribution in [-0.4, -0.2) is 38.1 Å². The summed E-state index contributed by atoms with van der Waals surface area (Å²) in [6.45, 7) is 6.91. The summed E-state index contributed by atoms with van der Waals surface area (Å²) >= 11 is 0. The average molecular weight is 284 g/mol. The van der Waals surface area contributed by atoms with Crippen LogP contribution in [0.25, 0.3) is 0 Å². The smallest absolute Gasteiger partial charge is 0.215 e. The minimum atomic E-state index is -3.20. The predicted molar refractivity (Wildman–Crippen MR) is 79.6 cm³/mol. The lowest BCUT2D eigenvalue weighted by molar-refractivity contribution is 0.463. The van der Waals surface area contributed by atoms with Crippen molar-refractivity contribution in [2.75, 3.05) is 19.3 Å². The fourth-order valence-electron chi connectivity index (χ4n) is 1.76. The van der Waals surface area contributed by atoms with Gasteiger partial charge in [0.15, 0.2) is 0 Å².